The van der Waals surface area contributed by atoms with Gasteiger partial charge in [0.2, 0.25) is 0 Å². The Morgan fingerprint density at radius 3 is 2.34 bits per heavy atom. The average molecular weight is 512 g/mol. The molecule has 0 heterocycles. The highest BCUT2D eigenvalue weighted by Crippen LogP contribution is 2.28. The zero-order valence-corrected chi connectivity index (χ0v) is 20.8. The summed E-state index contributed by atoms with van der Waals surface area (Å²) in [5, 5.41) is 8.03. The van der Waals surface area contributed by atoms with Crippen LogP contribution >= 0.6 is 0 Å². The molecular formula is C29H25N3O6. The van der Waals surface area contributed by atoms with E-state index in [1.165, 1.54) is 13.3 Å². The topological polar surface area (TPSA) is 115 Å². The van der Waals surface area contributed by atoms with E-state index in [1.807, 2.05) is 37.3 Å². The van der Waals surface area contributed by atoms with E-state index in [9.17, 15) is 14.4 Å². The van der Waals surface area contributed by atoms with Crippen molar-refractivity contribution in [3.05, 3.63) is 96.1 Å². The largest absolute Gasteiger partial charge is 0.495 e. The number of rotatable bonds is 8. The Labute approximate surface area is 219 Å². The number of esters is 1. The highest BCUT2D eigenvalue weighted by Gasteiger charge is 2.16. The third-order valence-electron chi connectivity index (χ3n) is 5.46. The van der Waals surface area contributed by atoms with Crippen molar-refractivity contribution in [2.75, 3.05) is 19.0 Å². The number of anilines is 1. The highest BCUT2D eigenvalue weighted by molar-refractivity contribution is 6.39. The van der Waals surface area contributed by atoms with Crippen LogP contribution < -0.4 is 25.0 Å². The molecule has 0 atom stereocenters. The van der Waals surface area contributed by atoms with Crippen LogP contribution in [-0.2, 0) is 9.59 Å². The number of hydrazone groups is 1. The van der Waals surface area contributed by atoms with E-state index in [1.54, 1.807) is 54.6 Å². The summed E-state index contributed by atoms with van der Waals surface area (Å²) in [7, 11) is 1.46. The lowest BCUT2D eigenvalue weighted by Crippen LogP contribution is -2.32. The van der Waals surface area contributed by atoms with Crippen LogP contribution in [0.1, 0.15) is 22.8 Å². The molecule has 4 aromatic rings. The molecule has 0 bridgehead atoms. The smallest absolute Gasteiger partial charge is 0.343 e. The maximum atomic E-state index is 12.8. The number of methoxy groups -OCH3 is 1. The number of ether oxygens (including phenoxy) is 3. The lowest BCUT2D eigenvalue weighted by Gasteiger charge is -2.11. The summed E-state index contributed by atoms with van der Waals surface area (Å²) in [6.45, 7) is 2.39. The van der Waals surface area contributed by atoms with Crippen LogP contribution in [-0.4, -0.2) is 37.7 Å². The Morgan fingerprint density at radius 1 is 0.842 bits per heavy atom. The van der Waals surface area contributed by atoms with E-state index in [-0.39, 0.29) is 5.75 Å². The Hall–Kier alpha value is -5.18. The maximum Gasteiger partial charge on any atom is 0.343 e. The lowest BCUT2D eigenvalue weighted by molar-refractivity contribution is -0.136. The zero-order valence-electron chi connectivity index (χ0n) is 20.8. The van der Waals surface area contributed by atoms with Gasteiger partial charge in [-0.1, -0.05) is 42.5 Å². The van der Waals surface area contributed by atoms with Gasteiger partial charge in [0, 0.05) is 5.56 Å². The fourth-order valence-corrected chi connectivity index (χ4v) is 3.64. The van der Waals surface area contributed by atoms with Crippen molar-refractivity contribution in [1.29, 1.82) is 0 Å². The van der Waals surface area contributed by atoms with Gasteiger partial charge in [-0.3, -0.25) is 9.59 Å². The molecule has 9 heteroatoms. The summed E-state index contributed by atoms with van der Waals surface area (Å²) in [6.07, 6.45) is 1.33. The molecule has 0 saturated heterocycles. The van der Waals surface area contributed by atoms with E-state index >= 15 is 0 Å². The van der Waals surface area contributed by atoms with Crippen LogP contribution in [0.3, 0.4) is 0 Å². The molecule has 2 amide bonds. The molecule has 192 valence electrons. The molecule has 4 rings (SSSR count). The molecule has 0 aliphatic carbocycles. The fraction of sp³-hybridized carbons (Fsp3) is 0.103. The predicted octanol–water partition coefficient (Wildman–Crippen LogP) is 4.56. The highest BCUT2D eigenvalue weighted by atomic mass is 16.5. The Morgan fingerprint density at radius 2 is 1.58 bits per heavy atom. The monoisotopic (exact) mass is 511 g/mol. The molecule has 0 aliphatic rings. The van der Waals surface area contributed by atoms with Crippen molar-refractivity contribution in [3.63, 3.8) is 0 Å². The van der Waals surface area contributed by atoms with Gasteiger partial charge >= 0.3 is 17.8 Å². The fourth-order valence-electron chi connectivity index (χ4n) is 3.64. The molecule has 0 spiro atoms. The summed E-state index contributed by atoms with van der Waals surface area (Å²) in [6, 6.07) is 24.2. The summed E-state index contributed by atoms with van der Waals surface area (Å²) in [5.41, 5.74) is 3.34. The summed E-state index contributed by atoms with van der Waals surface area (Å²) < 4.78 is 16.3. The van der Waals surface area contributed by atoms with Crippen LogP contribution in [0.4, 0.5) is 5.69 Å². The number of amides is 2. The molecule has 38 heavy (non-hydrogen) atoms. The maximum absolute atomic E-state index is 12.8. The second-order valence-electron chi connectivity index (χ2n) is 7.90. The molecule has 0 saturated carbocycles. The SMILES string of the molecule is CCOc1ccc(C(=O)Oc2ccc3ccccc3c2/C=N\NC(=O)C(=O)Nc2ccccc2OC)cc1. The van der Waals surface area contributed by atoms with Crippen LogP contribution in [0.5, 0.6) is 17.2 Å². The Kier molecular flexibility index (Phi) is 8.30. The first-order valence-corrected chi connectivity index (χ1v) is 11.7. The van der Waals surface area contributed by atoms with Crippen LogP contribution in [0, 0.1) is 0 Å². The first kappa shape index (κ1) is 25.9. The van der Waals surface area contributed by atoms with Crippen molar-refractivity contribution < 1.29 is 28.6 Å². The zero-order chi connectivity index (χ0) is 26.9. The standard InChI is InChI=1S/C29H25N3O6/c1-3-37-21-15-12-20(13-16-21)29(35)38-25-17-14-19-8-4-5-9-22(19)23(25)18-30-32-28(34)27(33)31-24-10-6-7-11-26(24)36-2/h4-18H,3H2,1-2H3,(H,31,33)(H,32,34)/b30-18-. The number of hydrogen-bond donors (Lipinski definition) is 2. The summed E-state index contributed by atoms with van der Waals surface area (Å²) in [4.78, 5) is 37.5. The number of benzene rings is 4. The number of para-hydroxylation sites is 2. The molecule has 2 N–H and O–H groups in total. The van der Waals surface area contributed by atoms with E-state index in [2.05, 4.69) is 15.8 Å². The van der Waals surface area contributed by atoms with Gasteiger partial charge in [0.05, 0.1) is 31.2 Å². The summed E-state index contributed by atoms with van der Waals surface area (Å²) >= 11 is 0. The van der Waals surface area contributed by atoms with Gasteiger partial charge in [-0.25, -0.2) is 10.2 Å². The first-order chi connectivity index (χ1) is 18.5. The minimum absolute atomic E-state index is 0.235. The number of nitrogens with zero attached hydrogens (tertiary/aromatic N) is 1. The van der Waals surface area contributed by atoms with Crippen molar-refractivity contribution in [2.45, 2.75) is 6.92 Å². The molecular weight excluding hydrogens is 486 g/mol. The molecule has 0 unspecified atom stereocenters. The third-order valence-corrected chi connectivity index (χ3v) is 5.46. The number of hydrogen-bond acceptors (Lipinski definition) is 7. The Balaban J connectivity index is 1.52. The van der Waals surface area contributed by atoms with Crippen LogP contribution in [0.2, 0.25) is 0 Å². The molecule has 0 fully saturated rings. The molecule has 0 aliphatic heterocycles. The van der Waals surface area contributed by atoms with Crippen LogP contribution in [0.15, 0.2) is 90.0 Å². The van der Waals surface area contributed by atoms with E-state index in [0.29, 0.717) is 34.9 Å². The van der Waals surface area contributed by atoms with Gasteiger partial charge < -0.3 is 19.5 Å². The van der Waals surface area contributed by atoms with E-state index in [4.69, 9.17) is 14.2 Å². The van der Waals surface area contributed by atoms with Gasteiger partial charge in [0.15, 0.2) is 0 Å². The lowest BCUT2D eigenvalue weighted by atomic mass is 10.0. The number of nitrogens with one attached hydrogen (secondary N) is 2. The normalized spacial score (nSPS) is 10.7. The average Bonchev–Trinajstić information content (AvgIpc) is 2.94. The van der Waals surface area contributed by atoms with Gasteiger partial charge in [0.25, 0.3) is 0 Å². The third kappa shape index (κ3) is 6.14. The summed E-state index contributed by atoms with van der Waals surface area (Å²) in [5.74, 6) is -1.19. The predicted molar refractivity (Wildman–Crippen MR) is 144 cm³/mol. The molecule has 0 aromatic heterocycles. The minimum Gasteiger partial charge on any atom is -0.495 e. The van der Waals surface area contributed by atoms with Crippen molar-refractivity contribution in [2.24, 2.45) is 5.10 Å². The van der Waals surface area contributed by atoms with Gasteiger partial charge in [0.1, 0.15) is 17.2 Å². The number of carbonyl (C=O) groups excluding carboxylic acids is 3. The second kappa shape index (κ2) is 12.2. The van der Waals surface area contributed by atoms with Gasteiger partial charge in [-0.05, 0) is 60.2 Å². The van der Waals surface area contributed by atoms with E-state index in [0.717, 1.165) is 10.8 Å². The second-order valence-corrected chi connectivity index (χ2v) is 7.90. The first-order valence-electron chi connectivity index (χ1n) is 11.7. The van der Waals surface area contributed by atoms with Gasteiger partial charge in [-0.2, -0.15) is 5.10 Å². The minimum atomic E-state index is -0.986. The molecule has 4 aromatic carbocycles. The number of fused-ring (bicyclic) bond motifs is 1. The van der Waals surface area contributed by atoms with Crippen LogP contribution in [0.25, 0.3) is 10.8 Å². The van der Waals surface area contributed by atoms with E-state index < -0.39 is 17.8 Å². The number of carbonyl (C=O) groups is 3. The van der Waals surface area contributed by atoms with Crippen molar-refractivity contribution in [1.82, 2.24) is 5.43 Å². The molecule has 9 nitrogen and oxygen atoms in total. The van der Waals surface area contributed by atoms with Crippen molar-refractivity contribution >= 4 is 40.5 Å². The Bertz CT molecular complexity index is 1500. The van der Waals surface area contributed by atoms with Crippen molar-refractivity contribution in [3.8, 4) is 17.2 Å². The van der Waals surface area contributed by atoms with Gasteiger partial charge in [-0.15, -0.1) is 0 Å². The molecule has 0 radical (unpaired) electrons. The quantitative estimate of drug-likeness (QED) is 0.118.